The highest BCUT2D eigenvalue weighted by molar-refractivity contribution is 5.85. The highest BCUT2D eigenvalue weighted by Gasteiger charge is 2.24. The summed E-state index contributed by atoms with van der Waals surface area (Å²) in [4.78, 5) is 14.5. The summed E-state index contributed by atoms with van der Waals surface area (Å²) in [6.07, 6.45) is 0. The minimum absolute atomic E-state index is 0. The van der Waals surface area contributed by atoms with Gasteiger partial charge in [-0.05, 0) is 27.7 Å². The average molecular weight is 357 g/mol. The van der Waals surface area contributed by atoms with Gasteiger partial charge < -0.3 is 19.7 Å². The summed E-state index contributed by atoms with van der Waals surface area (Å²) in [5.74, 6) is 1.18. The second kappa shape index (κ2) is 8.30. The van der Waals surface area contributed by atoms with Crippen LogP contribution in [0.5, 0.6) is 0 Å². The van der Waals surface area contributed by atoms with E-state index in [0.29, 0.717) is 19.6 Å². The number of amides is 1. The van der Waals surface area contributed by atoms with Gasteiger partial charge in [0.15, 0.2) is 0 Å². The zero-order chi connectivity index (χ0) is 17.1. The van der Waals surface area contributed by atoms with E-state index in [2.05, 4.69) is 10.3 Å². The third-order valence-corrected chi connectivity index (χ3v) is 4.15. The Balaban J connectivity index is 0.00000288. The van der Waals surface area contributed by atoms with Crippen molar-refractivity contribution in [2.45, 2.75) is 47.7 Å². The van der Waals surface area contributed by atoms with E-state index < -0.39 is 0 Å². The number of nitrogens with two attached hydrogens (primary N) is 1. The zero-order valence-corrected chi connectivity index (χ0v) is 15.6. The quantitative estimate of drug-likeness (QED) is 0.853. The van der Waals surface area contributed by atoms with Crippen LogP contribution in [0, 0.1) is 33.6 Å². The molecule has 2 rings (SSSR count). The molecule has 0 bridgehead atoms. The first-order valence-corrected chi connectivity index (χ1v) is 7.67. The van der Waals surface area contributed by atoms with Gasteiger partial charge in [0.1, 0.15) is 11.5 Å². The summed E-state index contributed by atoms with van der Waals surface area (Å²) < 4.78 is 10.4. The molecule has 2 aromatic heterocycles. The molecule has 0 saturated carbocycles. The van der Waals surface area contributed by atoms with Gasteiger partial charge in [0.25, 0.3) is 0 Å². The van der Waals surface area contributed by atoms with Gasteiger partial charge in [-0.2, -0.15) is 0 Å². The summed E-state index contributed by atoms with van der Waals surface area (Å²) in [5.41, 5.74) is 9.10. The number of carbonyl (C=O) groups excluding carboxylic acids is 1. The Morgan fingerprint density at radius 2 is 1.46 bits per heavy atom. The number of aromatic nitrogens is 2. The molecule has 1 amide bonds. The highest BCUT2D eigenvalue weighted by Crippen LogP contribution is 2.21. The van der Waals surface area contributed by atoms with Crippen LogP contribution in [0.1, 0.15) is 41.0 Å². The van der Waals surface area contributed by atoms with Gasteiger partial charge in [-0.15, -0.1) is 12.4 Å². The third-order valence-electron chi connectivity index (χ3n) is 4.15. The third kappa shape index (κ3) is 4.15. The first kappa shape index (κ1) is 20.2. The molecule has 0 spiro atoms. The Hall–Kier alpha value is -1.86. The lowest BCUT2D eigenvalue weighted by molar-refractivity contribution is -0.136. The van der Waals surface area contributed by atoms with E-state index in [0.717, 1.165) is 34.0 Å². The Morgan fingerprint density at radius 3 is 1.75 bits per heavy atom. The van der Waals surface area contributed by atoms with Crippen LogP contribution in [-0.2, 0) is 17.9 Å². The van der Waals surface area contributed by atoms with Gasteiger partial charge in [0.2, 0.25) is 5.91 Å². The molecule has 0 aliphatic carbocycles. The lowest BCUT2D eigenvalue weighted by Crippen LogP contribution is -2.37. The van der Waals surface area contributed by atoms with Crippen molar-refractivity contribution in [3.05, 3.63) is 34.0 Å². The molecule has 0 fully saturated rings. The lowest BCUT2D eigenvalue weighted by atomic mass is 10.1. The van der Waals surface area contributed by atoms with Crippen LogP contribution in [0.4, 0.5) is 0 Å². The molecule has 1 atom stereocenters. The Labute approximate surface area is 147 Å². The van der Waals surface area contributed by atoms with Crippen LogP contribution in [0.2, 0.25) is 0 Å². The highest BCUT2D eigenvalue weighted by atomic mass is 35.5. The van der Waals surface area contributed by atoms with E-state index in [4.69, 9.17) is 14.8 Å². The molecule has 0 aliphatic rings. The summed E-state index contributed by atoms with van der Waals surface area (Å²) in [6, 6.07) is 0. The largest absolute Gasteiger partial charge is 0.361 e. The molecule has 0 aliphatic heterocycles. The van der Waals surface area contributed by atoms with E-state index in [1.165, 1.54) is 0 Å². The second-order valence-corrected chi connectivity index (χ2v) is 5.94. The van der Waals surface area contributed by atoms with Crippen LogP contribution in [0.25, 0.3) is 0 Å². The minimum Gasteiger partial charge on any atom is -0.361 e. The van der Waals surface area contributed by atoms with E-state index in [9.17, 15) is 4.79 Å². The average Bonchev–Trinajstić information content (AvgIpc) is 3.02. The number of rotatable bonds is 6. The molecule has 0 saturated heterocycles. The fourth-order valence-electron chi connectivity index (χ4n) is 2.46. The van der Waals surface area contributed by atoms with Crippen molar-refractivity contribution in [1.82, 2.24) is 15.2 Å². The molecular weight excluding hydrogens is 332 g/mol. The number of hydrogen-bond donors (Lipinski definition) is 1. The smallest absolute Gasteiger partial charge is 0.227 e. The van der Waals surface area contributed by atoms with E-state index in [1.54, 1.807) is 4.90 Å². The predicted octanol–water partition coefficient (Wildman–Crippen LogP) is 2.44. The number of aryl methyl sites for hydroxylation is 4. The van der Waals surface area contributed by atoms with Gasteiger partial charge >= 0.3 is 0 Å². The van der Waals surface area contributed by atoms with Crippen molar-refractivity contribution in [2.75, 3.05) is 6.54 Å². The molecule has 2 heterocycles. The molecule has 0 radical (unpaired) electrons. The first-order valence-electron chi connectivity index (χ1n) is 7.67. The lowest BCUT2D eigenvalue weighted by Gasteiger charge is -2.25. The number of halogens is 1. The molecule has 2 aromatic rings. The zero-order valence-electron chi connectivity index (χ0n) is 14.8. The molecule has 134 valence electrons. The molecular formula is C16H25ClN4O3. The van der Waals surface area contributed by atoms with Crippen molar-refractivity contribution in [1.29, 1.82) is 0 Å². The maximum atomic E-state index is 12.7. The summed E-state index contributed by atoms with van der Waals surface area (Å²) in [7, 11) is 0. The van der Waals surface area contributed by atoms with Crippen molar-refractivity contribution in [2.24, 2.45) is 11.7 Å². The molecule has 0 aromatic carbocycles. The maximum absolute atomic E-state index is 12.7. The van der Waals surface area contributed by atoms with Gasteiger partial charge in [-0.25, -0.2) is 0 Å². The van der Waals surface area contributed by atoms with E-state index in [1.807, 2.05) is 34.6 Å². The Kier molecular flexibility index (Phi) is 6.98. The molecule has 8 heteroatoms. The molecule has 24 heavy (non-hydrogen) atoms. The maximum Gasteiger partial charge on any atom is 0.227 e. The topological polar surface area (TPSA) is 98.4 Å². The predicted molar refractivity (Wildman–Crippen MR) is 91.7 cm³/mol. The van der Waals surface area contributed by atoms with Gasteiger partial charge in [-0.3, -0.25) is 4.79 Å². The Morgan fingerprint density at radius 1 is 1.04 bits per heavy atom. The van der Waals surface area contributed by atoms with Crippen molar-refractivity contribution in [3.63, 3.8) is 0 Å². The van der Waals surface area contributed by atoms with E-state index >= 15 is 0 Å². The van der Waals surface area contributed by atoms with Crippen molar-refractivity contribution >= 4 is 18.3 Å². The first-order chi connectivity index (χ1) is 10.8. The fourth-order valence-corrected chi connectivity index (χ4v) is 2.46. The molecule has 7 nitrogen and oxygen atoms in total. The molecule has 2 N–H and O–H groups in total. The summed E-state index contributed by atoms with van der Waals surface area (Å²) in [6.45, 7) is 10.4. The summed E-state index contributed by atoms with van der Waals surface area (Å²) in [5, 5.41) is 7.91. The standard InChI is InChI=1S/C16H24N4O3.ClH/c1-9(6-17)16(21)20(7-14-10(2)18-22-12(14)4)8-15-11(3)19-23-13(15)5;/h9H,6-8,17H2,1-5H3;1H. The minimum atomic E-state index is -0.254. The van der Waals surface area contributed by atoms with Crippen LogP contribution in [-0.4, -0.2) is 27.7 Å². The van der Waals surface area contributed by atoms with E-state index in [-0.39, 0.29) is 24.2 Å². The molecule has 1 unspecified atom stereocenters. The Bertz CT molecular complexity index is 608. The summed E-state index contributed by atoms with van der Waals surface area (Å²) >= 11 is 0. The van der Waals surface area contributed by atoms with Crippen LogP contribution in [0.3, 0.4) is 0 Å². The van der Waals surface area contributed by atoms with Crippen molar-refractivity contribution in [3.8, 4) is 0 Å². The van der Waals surface area contributed by atoms with Gasteiger partial charge in [-0.1, -0.05) is 17.2 Å². The second-order valence-electron chi connectivity index (χ2n) is 5.94. The van der Waals surface area contributed by atoms with Gasteiger partial charge in [0, 0.05) is 23.6 Å². The monoisotopic (exact) mass is 356 g/mol. The van der Waals surface area contributed by atoms with Gasteiger partial charge in [0.05, 0.1) is 24.5 Å². The van der Waals surface area contributed by atoms with Crippen molar-refractivity contribution < 1.29 is 13.8 Å². The van der Waals surface area contributed by atoms with Crippen LogP contribution < -0.4 is 5.73 Å². The normalized spacial score (nSPS) is 11.9. The SMILES string of the molecule is Cc1noc(C)c1CN(Cc1c(C)noc1C)C(=O)C(C)CN.Cl. The fraction of sp³-hybridized carbons (Fsp3) is 0.562. The van der Waals surface area contributed by atoms with Crippen LogP contribution in [0.15, 0.2) is 9.05 Å². The number of hydrogen-bond acceptors (Lipinski definition) is 6. The number of nitrogens with zero attached hydrogens (tertiary/aromatic N) is 3. The number of carbonyl (C=O) groups is 1. The van der Waals surface area contributed by atoms with Crippen LogP contribution >= 0.6 is 12.4 Å².